The molecule has 3 heteroatoms. The van der Waals surface area contributed by atoms with Crippen molar-refractivity contribution in [2.75, 3.05) is 0 Å². The van der Waals surface area contributed by atoms with Gasteiger partial charge < -0.3 is 5.11 Å². The van der Waals surface area contributed by atoms with E-state index in [0.717, 1.165) is 18.3 Å². The topological polar surface area (TPSA) is 33.1 Å². The monoisotopic (exact) mass is 249 g/mol. The van der Waals surface area contributed by atoms with E-state index in [-0.39, 0.29) is 0 Å². The molecule has 0 unspecified atom stereocenters. The van der Waals surface area contributed by atoms with Crippen molar-refractivity contribution < 1.29 is 5.11 Å². The highest BCUT2D eigenvalue weighted by molar-refractivity contribution is 7.09. The van der Waals surface area contributed by atoms with Crippen molar-refractivity contribution >= 4 is 11.3 Å². The molecule has 0 aromatic carbocycles. The first-order chi connectivity index (χ1) is 8.24. The van der Waals surface area contributed by atoms with Crippen LogP contribution in [0.1, 0.15) is 37.0 Å². The summed E-state index contributed by atoms with van der Waals surface area (Å²) in [5.41, 5.74) is 1.48. The Morgan fingerprint density at radius 2 is 1.82 bits per heavy atom. The van der Waals surface area contributed by atoms with Gasteiger partial charge in [0.1, 0.15) is 0 Å². The predicted octanol–water partition coefficient (Wildman–Crippen LogP) is 2.87. The summed E-state index contributed by atoms with van der Waals surface area (Å²) in [4.78, 5) is 5.41. The Morgan fingerprint density at radius 1 is 1.18 bits per heavy atom. The Kier molecular flexibility index (Phi) is 2.19. The normalized spacial score (nSPS) is 47.6. The summed E-state index contributed by atoms with van der Waals surface area (Å²) >= 11 is 1.69. The Balaban J connectivity index is 1.64. The maximum absolute atomic E-state index is 11.1. The van der Waals surface area contributed by atoms with Crippen LogP contribution < -0.4 is 0 Å². The van der Waals surface area contributed by atoms with Gasteiger partial charge in [-0.25, -0.2) is 0 Å². The van der Waals surface area contributed by atoms with Crippen LogP contribution in [-0.2, 0) is 6.42 Å². The van der Waals surface area contributed by atoms with Crippen LogP contribution in [0.15, 0.2) is 11.7 Å². The predicted molar refractivity (Wildman–Crippen MR) is 67.8 cm³/mol. The Labute approximate surface area is 106 Å². The van der Waals surface area contributed by atoms with E-state index >= 15 is 0 Å². The lowest BCUT2D eigenvalue weighted by Gasteiger charge is -2.59. The van der Waals surface area contributed by atoms with Crippen molar-refractivity contribution in [3.8, 4) is 0 Å². The van der Waals surface area contributed by atoms with Crippen LogP contribution in [0, 0.1) is 23.7 Å². The Bertz CT molecular complexity index is 386. The van der Waals surface area contributed by atoms with Gasteiger partial charge in [-0.1, -0.05) is 0 Å². The number of thiazole rings is 1. The zero-order valence-electron chi connectivity index (χ0n) is 10.0. The molecule has 0 saturated heterocycles. The molecule has 4 bridgehead atoms. The lowest BCUT2D eigenvalue weighted by atomic mass is 9.49. The van der Waals surface area contributed by atoms with Gasteiger partial charge in [0, 0.05) is 17.5 Å². The Hall–Kier alpha value is -0.410. The molecule has 2 nitrogen and oxygen atoms in total. The molecular weight excluding hydrogens is 230 g/mol. The van der Waals surface area contributed by atoms with Gasteiger partial charge in [-0.15, -0.1) is 11.3 Å². The van der Waals surface area contributed by atoms with E-state index in [4.69, 9.17) is 0 Å². The standard InChI is InChI=1S/C14H19NOS/c16-14(6-13-7-15-8-17-13)11-2-9-1-10(4-11)5-12(14)3-9/h7-12,16H,1-6H2. The summed E-state index contributed by atoms with van der Waals surface area (Å²) in [5, 5.41) is 11.1. The van der Waals surface area contributed by atoms with Crippen LogP contribution in [0.5, 0.6) is 0 Å². The highest BCUT2D eigenvalue weighted by Gasteiger charge is 2.56. The minimum Gasteiger partial charge on any atom is -0.389 e. The number of hydrogen-bond acceptors (Lipinski definition) is 3. The molecule has 4 aliphatic carbocycles. The zero-order chi connectivity index (χ0) is 11.5. The lowest BCUT2D eigenvalue weighted by Crippen LogP contribution is -2.58. The van der Waals surface area contributed by atoms with E-state index in [1.807, 2.05) is 11.7 Å². The van der Waals surface area contributed by atoms with E-state index in [1.165, 1.54) is 37.0 Å². The molecule has 1 aromatic rings. The first-order valence-corrected chi connectivity index (χ1v) is 7.72. The summed E-state index contributed by atoms with van der Waals surface area (Å²) in [6, 6.07) is 0. The quantitative estimate of drug-likeness (QED) is 0.874. The van der Waals surface area contributed by atoms with Crippen LogP contribution in [0.25, 0.3) is 0 Å². The number of nitrogens with zero attached hydrogens (tertiary/aromatic N) is 1. The third-order valence-corrected chi connectivity index (χ3v) is 6.27. The van der Waals surface area contributed by atoms with Gasteiger partial charge in [0.15, 0.2) is 0 Å². The van der Waals surface area contributed by atoms with Crippen molar-refractivity contribution in [1.29, 1.82) is 0 Å². The fourth-order valence-corrected chi connectivity index (χ4v) is 5.59. The molecule has 4 fully saturated rings. The van der Waals surface area contributed by atoms with E-state index in [9.17, 15) is 5.11 Å². The number of hydrogen-bond donors (Lipinski definition) is 1. The average molecular weight is 249 g/mol. The highest BCUT2D eigenvalue weighted by Crippen LogP contribution is 2.59. The minimum absolute atomic E-state index is 0.403. The summed E-state index contributed by atoms with van der Waals surface area (Å²) < 4.78 is 0. The van der Waals surface area contributed by atoms with Gasteiger partial charge in [-0.2, -0.15) is 0 Å². The molecule has 1 aromatic heterocycles. The van der Waals surface area contributed by atoms with E-state index in [0.29, 0.717) is 11.8 Å². The molecule has 0 amide bonds. The smallest absolute Gasteiger partial charge is 0.0794 e. The second-order valence-corrected chi connectivity index (χ2v) is 7.41. The molecule has 4 saturated carbocycles. The summed E-state index contributed by atoms with van der Waals surface area (Å²) in [6.45, 7) is 0. The maximum Gasteiger partial charge on any atom is 0.0794 e. The number of aliphatic hydroxyl groups is 1. The molecule has 17 heavy (non-hydrogen) atoms. The van der Waals surface area contributed by atoms with Crippen LogP contribution in [0.4, 0.5) is 0 Å². The molecule has 0 radical (unpaired) electrons. The maximum atomic E-state index is 11.1. The average Bonchev–Trinajstić information content (AvgIpc) is 2.78. The van der Waals surface area contributed by atoms with Crippen molar-refractivity contribution in [2.45, 2.75) is 44.1 Å². The summed E-state index contributed by atoms with van der Waals surface area (Å²) in [5.74, 6) is 3.00. The van der Waals surface area contributed by atoms with E-state index in [2.05, 4.69) is 4.98 Å². The third kappa shape index (κ3) is 1.52. The van der Waals surface area contributed by atoms with Crippen molar-refractivity contribution in [3.63, 3.8) is 0 Å². The highest BCUT2D eigenvalue weighted by atomic mass is 32.1. The van der Waals surface area contributed by atoms with Gasteiger partial charge in [-0.05, 0) is 55.8 Å². The second-order valence-electron chi connectivity index (χ2n) is 6.44. The van der Waals surface area contributed by atoms with Gasteiger partial charge in [0.2, 0.25) is 0 Å². The van der Waals surface area contributed by atoms with Gasteiger partial charge in [-0.3, -0.25) is 4.98 Å². The molecule has 0 aliphatic heterocycles. The van der Waals surface area contributed by atoms with Crippen LogP contribution in [0.2, 0.25) is 0 Å². The molecule has 0 atom stereocenters. The van der Waals surface area contributed by atoms with Crippen molar-refractivity contribution in [2.24, 2.45) is 23.7 Å². The zero-order valence-corrected chi connectivity index (χ0v) is 10.8. The molecule has 1 heterocycles. The molecule has 4 aliphatic rings. The fourth-order valence-electron chi connectivity index (χ4n) is 4.90. The van der Waals surface area contributed by atoms with E-state index < -0.39 is 5.60 Å². The first-order valence-electron chi connectivity index (χ1n) is 6.84. The van der Waals surface area contributed by atoms with Crippen LogP contribution in [0.3, 0.4) is 0 Å². The molecular formula is C14H19NOS. The van der Waals surface area contributed by atoms with Gasteiger partial charge in [0.25, 0.3) is 0 Å². The Morgan fingerprint density at radius 3 is 2.35 bits per heavy atom. The fraction of sp³-hybridized carbons (Fsp3) is 0.786. The number of aromatic nitrogens is 1. The van der Waals surface area contributed by atoms with Gasteiger partial charge >= 0.3 is 0 Å². The van der Waals surface area contributed by atoms with Crippen molar-refractivity contribution in [1.82, 2.24) is 4.98 Å². The van der Waals surface area contributed by atoms with E-state index in [1.54, 1.807) is 11.3 Å². The third-order valence-electron chi connectivity index (χ3n) is 5.49. The molecule has 92 valence electrons. The largest absolute Gasteiger partial charge is 0.389 e. The summed E-state index contributed by atoms with van der Waals surface area (Å²) in [6.07, 6.45) is 9.36. The SMILES string of the molecule is OC1(Cc2cncs2)C2CC3CC(C2)CC1C3. The molecule has 5 rings (SSSR count). The lowest BCUT2D eigenvalue weighted by molar-refractivity contribution is -0.171. The van der Waals surface area contributed by atoms with Crippen LogP contribution >= 0.6 is 11.3 Å². The van der Waals surface area contributed by atoms with Gasteiger partial charge in [0.05, 0.1) is 11.1 Å². The molecule has 1 N–H and O–H groups in total. The summed E-state index contributed by atoms with van der Waals surface area (Å²) in [7, 11) is 0. The minimum atomic E-state index is -0.403. The second kappa shape index (κ2) is 3.55. The number of rotatable bonds is 2. The van der Waals surface area contributed by atoms with Crippen LogP contribution in [-0.4, -0.2) is 15.7 Å². The molecule has 0 spiro atoms. The van der Waals surface area contributed by atoms with Crippen molar-refractivity contribution in [3.05, 3.63) is 16.6 Å². The first kappa shape index (κ1) is 10.5.